The molecule has 16 nitrogen and oxygen atoms in total. The number of nitrogens with zero attached hydrogens (tertiary/aromatic N) is 3. The van der Waals surface area contributed by atoms with Gasteiger partial charge in [-0.3, -0.25) is 24.1 Å². The van der Waals surface area contributed by atoms with E-state index in [0.717, 1.165) is 24.1 Å². The number of halogens is 6. The van der Waals surface area contributed by atoms with Gasteiger partial charge in [-0.2, -0.15) is 13.2 Å². The first kappa shape index (κ1) is 58.2. The number of allylic oxidation sites excluding steroid dienone is 1. The van der Waals surface area contributed by atoms with E-state index >= 15 is 0 Å². The molecule has 0 aliphatic carbocycles. The predicted octanol–water partition coefficient (Wildman–Crippen LogP) is 7.51. The first-order chi connectivity index (χ1) is 35.6. The Morgan fingerprint density at radius 2 is 1.40 bits per heavy atom. The van der Waals surface area contributed by atoms with Gasteiger partial charge in [-0.05, 0) is 51.2 Å². The van der Waals surface area contributed by atoms with E-state index in [1.165, 1.54) is 15.7 Å². The normalized spacial score (nSPS) is 20.6. The quantitative estimate of drug-likeness (QED) is 0.0661. The lowest BCUT2D eigenvalue weighted by Gasteiger charge is -2.37. The zero-order valence-electron chi connectivity index (χ0n) is 41.3. The highest BCUT2D eigenvalue weighted by atomic mass is 19.4. The van der Waals surface area contributed by atoms with Crippen LogP contribution in [0.2, 0.25) is 0 Å². The number of pyridine rings is 1. The third kappa shape index (κ3) is 17.4. The minimum absolute atomic E-state index is 0.120. The van der Waals surface area contributed by atoms with E-state index in [-0.39, 0.29) is 43.1 Å². The number of amides is 4. The van der Waals surface area contributed by atoms with Gasteiger partial charge in [-0.25, -0.2) is 22.8 Å². The highest BCUT2D eigenvalue weighted by Gasteiger charge is 2.38. The zero-order chi connectivity index (χ0) is 54.8. The van der Waals surface area contributed by atoms with E-state index in [9.17, 15) is 55.4 Å². The predicted molar refractivity (Wildman–Crippen MR) is 265 cm³/mol. The van der Waals surface area contributed by atoms with Crippen LogP contribution in [0.4, 0.5) is 35.9 Å². The molecule has 402 valence electrons. The number of fused-ring (bicyclic) bond motifs is 4. The summed E-state index contributed by atoms with van der Waals surface area (Å²) in [6.07, 6.45) is 8.66. The SMILES string of the molecule is C[C@H]1C=CC[C@H](N)CN1.C[C@H]1C=CC[C@H](NC(=O)OCc2ccccc2)CN1C(=O)OCc1ccccc1.C[C@H]1C=CC[C@H]2CN1C(=O)c1c(O)c(=O)c(C(=O)NCc3c(F)cc(F)cc3F)cn12.O=CC(F)(F)F. The number of hydrogen-bond donors (Lipinski definition) is 5. The van der Waals surface area contributed by atoms with Gasteiger partial charge >= 0.3 is 18.4 Å². The summed E-state index contributed by atoms with van der Waals surface area (Å²) in [5.41, 5.74) is 5.20. The Morgan fingerprint density at radius 3 is 2.01 bits per heavy atom. The lowest BCUT2D eigenvalue weighted by molar-refractivity contribution is -0.156. The Hall–Kier alpha value is -7.72. The molecule has 6 N–H and O–H groups in total. The Morgan fingerprint density at radius 1 is 0.827 bits per heavy atom. The van der Waals surface area contributed by atoms with Gasteiger partial charge in [0.1, 0.15) is 36.2 Å². The van der Waals surface area contributed by atoms with Crippen molar-refractivity contribution >= 4 is 30.3 Å². The maximum Gasteiger partial charge on any atom is 0.446 e. The van der Waals surface area contributed by atoms with E-state index in [1.807, 2.05) is 98.8 Å². The summed E-state index contributed by atoms with van der Waals surface area (Å²) in [5, 5.41) is 18.8. The van der Waals surface area contributed by atoms with Crippen molar-refractivity contribution in [3.05, 3.63) is 171 Å². The summed E-state index contributed by atoms with van der Waals surface area (Å²) in [7, 11) is 0. The molecule has 5 heterocycles. The van der Waals surface area contributed by atoms with Crippen molar-refractivity contribution in [2.24, 2.45) is 5.73 Å². The van der Waals surface area contributed by atoms with Gasteiger partial charge in [-0.1, -0.05) is 97.1 Å². The van der Waals surface area contributed by atoms with Gasteiger partial charge in [0.15, 0.2) is 11.4 Å². The van der Waals surface area contributed by atoms with Gasteiger partial charge in [0, 0.05) is 68.2 Å². The largest absolute Gasteiger partial charge is 0.503 e. The van der Waals surface area contributed by atoms with Gasteiger partial charge in [0.2, 0.25) is 11.7 Å². The third-order valence-electron chi connectivity index (χ3n) is 12.0. The fourth-order valence-corrected chi connectivity index (χ4v) is 7.94. The smallest absolute Gasteiger partial charge is 0.446 e. The molecule has 1 aromatic heterocycles. The molecule has 2 bridgehead atoms. The van der Waals surface area contributed by atoms with Crippen molar-refractivity contribution in [1.29, 1.82) is 0 Å². The van der Waals surface area contributed by atoms with Gasteiger partial charge in [0.25, 0.3) is 11.8 Å². The van der Waals surface area contributed by atoms with E-state index in [4.69, 9.17) is 20.0 Å². The zero-order valence-corrected chi connectivity index (χ0v) is 41.3. The van der Waals surface area contributed by atoms with Crippen molar-refractivity contribution < 1.29 is 64.9 Å². The van der Waals surface area contributed by atoms with Crippen LogP contribution in [-0.2, 0) is 34.0 Å². The molecule has 0 saturated carbocycles. The number of aldehydes is 1. The molecule has 0 fully saturated rings. The first-order valence-electron chi connectivity index (χ1n) is 23.8. The number of aromatic nitrogens is 1. The number of benzene rings is 3. The molecule has 4 amide bonds. The van der Waals surface area contributed by atoms with Crippen molar-refractivity contribution in [2.75, 3.05) is 19.6 Å². The molecule has 4 aliphatic rings. The molecule has 0 spiro atoms. The van der Waals surface area contributed by atoms with Crippen LogP contribution < -0.4 is 27.1 Å². The highest BCUT2D eigenvalue weighted by molar-refractivity contribution is 5.99. The van der Waals surface area contributed by atoms with Crippen LogP contribution in [0.25, 0.3) is 0 Å². The summed E-state index contributed by atoms with van der Waals surface area (Å²) in [6, 6.07) is 19.9. The van der Waals surface area contributed by atoms with Crippen LogP contribution in [0.3, 0.4) is 0 Å². The number of ether oxygens (including phenoxy) is 2. The first-order valence-corrected chi connectivity index (χ1v) is 23.8. The summed E-state index contributed by atoms with van der Waals surface area (Å²) in [4.78, 5) is 74.6. The molecular formula is C53H59F6N7O9. The number of nitrogens with two attached hydrogens (primary N) is 1. The minimum atomic E-state index is -4.64. The van der Waals surface area contributed by atoms with Crippen LogP contribution in [-0.4, -0.2) is 106 Å². The highest BCUT2D eigenvalue weighted by Crippen LogP contribution is 2.32. The number of carbonyl (C=O) groups is 5. The summed E-state index contributed by atoms with van der Waals surface area (Å²) < 4.78 is 84.0. The second-order valence-electron chi connectivity index (χ2n) is 17.8. The second-order valence-corrected chi connectivity index (χ2v) is 17.8. The number of carbonyl (C=O) groups excluding carboxylic acids is 5. The van der Waals surface area contributed by atoms with Gasteiger partial charge in [0.05, 0.1) is 18.1 Å². The molecular weight excluding hydrogens is 993 g/mol. The molecule has 4 aliphatic heterocycles. The molecule has 0 saturated heterocycles. The topological polar surface area (TPSA) is 215 Å². The molecule has 8 rings (SSSR count). The van der Waals surface area contributed by atoms with Crippen LogP contribution in [0, 0.1) is 17.5 Å². The number of nitrogens with one attached hydrogen (secondary N) is 3. The summed E-state index contributed by atoms with van der Waals surface area (Å²) >= 11 is 0. The number of alkyl carbamates (subject to hydrolysis) is 1. The fourth-order valence-electron chi connectivity index (χ4n) is 7.94. The number of hydrogen-bond acceptors (Lipinski definition) is 11. The van der Waals surface area contributed by atoms with Crippen LogP contribution in [0.15, 0.2) is 120 Å². The molecule has 3 aromatic carbocycles. The molecule has 6 atom stereocenters. The number of aromatic hydroxyl groups is 1. The summed E-state index contributed by atoms with van der Waals surface area (Å²) in [6.45, 7) is 7.27. The molecule has 0 unspecified atom stereocenters. The Kier molecular flexibility index (Phi) is 21.4. The van der Waals surface area contributed by atoms with Crippen molar-refractivity contribution in [2.45, 2.75) is 102 Å². The maximum atomic E-state index is 13.8. The van der Waals surface area contributed by atoms with Crippen LogP contribution >= 0.6 is 0 Å². The molecule has 75 heavy (non-hydrogen) atoms. The van der Waals surface area contributed by atoms with E-state index in [1.54, 1.807) is 4.90 Å². The molecule has 0 radical (unpaired) electrons. The Labute approximate surface area is 428 Å². The van der Waals surface area contributed by atoms with E-state index < -0.39 is 82.8 Å². The third-order valence-corrected chi connectivity index (χ3v) is 12.0. The number of rotatable bonds is 8. The van der Waals surface area contributed by atoms with Crippen LogP contribution in [0.1, 0.15) is 83.6 Å². The van der Waals surface area contributed by atoms with Crippen molar-refractivity contribution in [1.82, 2.24) is 30.3 Å². The van der Waals surface area contributed by atoms with E-state index in [2.05, 4.69) is 35.0 Å². The summed E-state index contributed by atoms with van der Waals surface area (Å²) in [5.74, 6) is -5.87. The van der Waals surface area contributed by atoms with Crippen molar-refractivity contribution in [3.63, 3.8) is 0 Å². The fraction of sp³-hybridized carbons (Fsp3) is 0.358. The van der Waals surface area contributed by atoms with E-state index in [0.29, 0.717) is 50.1 Å². The van der Waals surface area contributed by atoms with Crippen molar-refractivity contribution in [3.8, 4) is 5.75 Å². The Balaban J connectivity index is 0.000000218. The maximum absolute atomic E-state index is 13.8. The monoisotopic (exact) mass is 1050 g/mol. The van der Waals surface area contributed by atoms with Gasteiger partial charge < -0.3 is 45.7 Å². The average Bonchev–Trinajstić information content (AvgIpc) is 3.78. The lowest BCUT2D eigenvalue weighted by Crippen LogP contribution is -2.47. The number of alkyl halides is 3. The second kappa shape index (κ2) is 27.5. The Bertz CT molecular complexity index is 2740. The molecule has 22 heteroatoms. The lowest BCUT2D eigenvalue weighted by atomic mass is 10.1. The average molecular weight is 1050 g/mol. The van der Waals surface area contributed by atoms with Crippen LogP contribution in [0.5, 0.6) is 5.75 Å². The molecule has 4 aromatic rings. The standard InChI is InChI=1S/C23H26N2O4.C21H18F3N3O4.C7H14N2.C2HF3O/c1-18-9-8-14-21(24-22(26)28-16-19-10-4-2-5-11-19)15-25(18)23(27)29-17-20-12-6-3-7-13-20;1-10-3-2-4-12-8-26(10)21(31)17-19(29)18(28)14(9-27(12)17)20(30)25-7-13-15(23)5-11(22)6-16(13)24;1-6-3-2-4-7(8)5-9-6;3-2(4,5)1-6/h2-13,18,21H,14-17H2,1H3,(H,24,26);2-3,5-6,9-10,12,29H,4,7-8H2,1H3,(H,25,30);2-3,6-7,9H,4-5,8H2,1H3;1H/t18-,21-;10-,12-;6-,7-;/m000./s1. The minimum Gasteiger partial charge on any atom is -0.503 e. The van der Waals surface area contributed by atoms with Gasteiger partial charge in [-0.15, -0.1) is 0 Å².